The number of carbonyl (C=O) groups is 1. The number of ether oxygens (including phenoxy) is 2. The van der Waals surface area contributed by atoms with Crippen molar-refractivity contribution in [1.82, 2.24) is 0 Å². The Hall–Kier alpha value is -0.830. The normalized spacial score (nSPS) is 23.1. The van der Waals surface area contributed by atoms with Gasteiger partial charge in [-0.1, -0.05) is 0 Å². The second-order valence-electron chi connectivity index (χ2n) is 1.98. The third-order valence-electron chi connectivity index (χ3n) is 1.09. The van der Waals surface area contributed by atoms with Gasteiger partial charge in [-0.2, -0.15) is 0 Å². The maximum Gasteiger partial charge on any atom is 0.330 e. The van der Waals surface area contributed by atoms with Crippen LogP contribution in [0.5, 0.6) is 0 Å². The van der Waals surface area contributed by atoms with Gasteiger partial charge in [0.1, 0.15) is 0 Å². The molecule has 0 aromatic carbocycles. The quantitative estimate of drug-likeness (QED) is 0.327. The highest BCUT2D eigenvalue weighted by Gasteiger charge is 2.18. The second-order valence-corrected chi connectivity index (χ2v) is 1.98. The highest BCUT2D eigenvalue weighted by atomic mass is 16.6. The molecule has 3 nitrogen and oxygen atoms in total. The van der Waals surface area contributed by atoms with Crippen molar-refractivity contribution in [2.24, 2.45) is 0 Å². The summed E-state index contributed by atoms with van der Waals surface area (Å²) in [5.74, 6) is -0.294. The lowest BCUT2D eigenvalue weighted by Gasteiger charge is -1.92. The van der Waals surface area contributed by atoms with Gasteiger partial charge in [0.15, 0.2) is 0 Å². The minimum Gasteiger partial charge on any atom is -0.463 e. The van der Waals surface area contributed by atoms with Crippen LogP contribution in [0.4, 0.5) is 0 Å². The average Bonchev–Trinajstić information content (AvgIpc) is 2.67. The SMILES string of the molecule is CCOC(=O)/C=C/C1CO1. The first-order chi connectivity index (χ1) is 4.83. The molecule has 1 aliphatic rings. The molecular formula is C7H10O3. The number of epoxide rings is 1. The van der Waals surface area contributed by atoms with E-state index < -0.39 is 0 Å². The number of rotatable bonds is 3. The third kappa shape index (κ3) is 2.64. The molecule has 0 aromatic rings. The Kier molecular flexibility index (Phi) is 2.45. The molecule has 0 spiro atoms. The summed E-state index contributed by atoms with van der Waals surface area (Å²) in [6.07, 6.45) is 3.27. The van der Waals surface area contributed by atoms with Crippen LogP contribution in [0.2, 0.25) is 0 Å². The number of esters is 1. The average molecular weight is 142 g/mol. The van der Waals surface area contributed by atoms with E-state index >= 15 is 0 Å². The molecule has 1 saturated heterocycles. The van der Waals surface area contributed by atoms with Crippen molar-refractivity contribution in [1.29, 1.82) is 0 Å². The van der Waals surface area contributed by atoms with Crippen LogP contribution in [-0.4, -0.2) is 25.3 Å². The summed E-state index contributed by atoms with van der Waals surface area (Å²) < 4.78 is 9.48. The van der Waals surface area contributed by atoms with Gasteiger partial charge in [-0.25, -0.2) is 4.79 Å². The highest BCUT2D eigenvalue weighted by Crippen LogP contribution is 2.09. The van der Waals surface area contributed by atoms with Gasteiger partial charge in [0.25, 0.3) is 0 Å². The Labute approximate surface area is 59.6 Å². The molecule has 0 aromatic heterocycles. The molecule has 1 heterocycles. The van der Waals surface area contributed by atoms with Gasteiger partial charge in [0.2, 0.25) is 0 Å². The van der Waals surface area contributed by atoms with Gasteiger partial charge in [0.05, 0.1) is 19.3 Å². The van der Waals surface area contributed by atoms with Gasteiger partial charge < -0.3 is 9.47 Å². The molecule has 3 heteroatoms. The van der Waals surface area contributed by atoms with Crippen LogP contribution in [0.3, 0.4) is 0 Å². The monoisotopic (exact) mass is 142 g/mol. The van der Waals surface area contributed by atoms with Gasteiger partial charge >= 0.3 is 5.97 Å². The molecule has 1 rings (SSSR count). The van der Waals surface area contributed by atoms with Crippen molar-refractivity contribution >= 4 is 5.97 Å². The van der Waals surface area contributed by atoms with E-state index in [1.165, 1.54) is 6.08 Å². The second kappa shape index (κ2) is 3.37. The van der Waals surface area contributed by atoms with Crippen LogP contribution in [0.25, 0.3) is 0 Å². The van der Waals surface area contributed by atoms with Crippen molar-refractivity contribution in [2.75, 3.05) is 13.2 Å². The molecule has 56 valence electrons. The molecule has 0 bridgehead atoms. The number of hydrogen-bond acceptors (Lipinski definition) is 3. The van der Waals surface area contributed by atoms with Gasteiger partial charge in [-0.15, -0.1) is 0 Å². The summed E-state index contributed by atoms with van der Waals surface area (Å²) >= 11 is 0. The van der Waals surface area contributed by atoms with E-state index in [0.717, 1.165) is 6.61 Å². The fourth-order valence-electron chi connectivity index (χ4n) is 0.543. The smallest absolute Gasteiger partial charge is 0.330 e. The first-order valence-electron chi connectivity index (χ1n) is 3.29. The molecule has 0 saturated carbocycles. The summed E-state index contributed by atoms with van der Waals surface area (Å²) in [5.41, 5.74) is 0. The molecule has 0 radical (unpaired) electrons. The number of carbonyl (C=O) groups excluding carboxylic acids is 1. The molecular weight excluding hydrogens is 132 g/mol. The Morgan fingerprint density at radius 2 is 2.60 bits per heavy atom. The largest absolute Gasteiger partial charge is 0.463 e. The lowest BCUT2D eigenvalue weighted by Crippen LogP contribution is -1.99. The van der Waals surface area contributed by atoms with E-state index in [9.17, 15) is 4.79 Å². The summed E-state index contributed by atoms with van der Waals surface area (Å²) in [6, 6.07) is 0. The van der Waals surface area contributed by atoms with Crippen molar-refractivity contribution in [2.45, 2.75) is 13.0 Å². The zero-order valence-corrected chi connectivity index (χ0v) is 5.87. The highest BCUT2D eigenvalue weighted by molar-refractivity contribution is 5.82. The predicted octanol–water partition coefficient (Wildman–Crippen LogP) is 0.504. The lowest BCUT2D eigenvalue weighted by atomic mass is 10.4. The molecule has 0 aliphatic carbocycles. The molecule has 1 fully saturated rings. The Balaban J connectivity index is 2.15. The van der Waals surface area contributed by atoms with Crippen LogP contribution in [0, 0.1) is 0 Å². The van der Waals surface area contributed by atoms with Crippen LogP contribution in [0.1, 0.15) is 6.92 Å². The van der Waals surface area contributed by atoms with Crippen molar-refractivity contribution < 1.29 is 14.3 Å². The fourth-order valence-corrected chi connectivity index (χ4v) is 0.543. The summed E-state index contributed by atoms with van der Waals surface area (Å²) in [4.78, 5) is 10.6. The van der Waals surface area contributed by atoms with Crippen LogP contribution in [-0.2, 0) is 14.3 Å². The molecule has 0 N–H and O–H groups in total. The molecule has 1 aliphatic heterocycles. The van der Waals surface area contributed by atoms with Gasteiger partial charge in [-0.05, 0) is 13.0 Å². The zero-order valence-electron chi connectivity index (χ0n) is 5.87. The van der Waals surface area contributed by atoms with E-state index in [2.05, 4.69) is 4.74 Å². The predicted molar refractivity (Wildman–Crippen MR) is 35.5 cm³/mol. The van der Waals surface area contributed by atoms with Crippen LogP contribution in [0.15, 0.2) is 12.2 Å². The first kappa shape index (κ1) is 7.28. The molecule has 1 atom stereocenters. The maximum absolute atomic E-state index is 10.6. The minimum atomic E-state index is -0.294. The Morgan fingerprint density at radius 3 is 3.10 bits per heavy atom. The molecule has 1 unspecified atom stereocenters. The molecule has 10 heavy (non-hydrogen) atoms. The fraction of sp³-hybridized carbons (Fsp3) is 0.571. The van der Waals surface area contributed by atoms with Crippen LogP contribution >= 0.6 is 0 Å². The first-order valence-corrected chi connectivity index (χ1v) is 3.29. The van der Waals surface area contributed by atoms with E-state index in [1.807, 2.05) is 0 Å². The van der Waals surface area contributed by atoms with Crippen molar-refractivity contribution in [3.63, 3.8) is 0 Å². The topological polar surface area (TPSA) is 38.8 Å². The minimum absolute atomic E-state index is 0.157. The molecule has 0 amide bonds. The van der Waals surface area contributed by atoms with Gasteiger partial charge in [-0.3, -0.25) is 0 Å². The van der Waals surface area contributed by atoms with E-state index in [-0.39, 0.29) is 12.1 Å². The Morgan fingerprint density at radius 1 is 1.90 bits per heavy atom. The summed E-state index contributed by atoms with van der Waals surface area (Å²) in [7, 11) is 0. The van der Waals surface area contributed by atoms with E-state index in [1.54, 1.807) is 13.0 Å². The summed E-state index contributed by atoms with van der Waals surface area (Å²) in [6.45, 7) is 2.93. The van der Waals surface area contributed by atoms with Gasteiger partial charge in [0, 0.05) is 6.08 Å². The Bertz CT molecular complexity index is 147. The van der Waals surface area contributed by atoms with E-state index in [4.69, 9.17) is 4.74 Å². The third-order valence-corrected chi connectivity index (χ3v) is 1.09. The maximum atomic E-state index is 10.6. The summed E-state index contributed by atoms with van der Waals surface area (Å²) in [5, 5.41) is 0. The standard InChI is InChI=1S/C7H10O3/c1-2-9-7(8)4-3-6-5-10-6/h3-4,6H,2,5H2,1H3/b4-3+. The van der Waals surface area contributed by atoms with Crippen LogP contribution < -0.4 is 0 Å². The van der Waals surface area contributed by atoms with E-state index in [0.29, 0.717) is 6.61 Å². The lowest BCUT2D eigenvalue weighted by molar-refractivity contribution is -0.137. The van der Waals surface area contributed by atoms with Crippen molar-refractivity contribution in [3.05, 3.63) is 12.2 Å². The number of hydrogen-bond donors (Lipinski definition) is 0. The zero-order chi connectivity index (χ0) is 7.40. The van der Waals surface area contributed by atoms with Crippen molar-refractivity contribution in [3.8, 4) is 0 Å².